The van der Waals surface area contributed by atoms with Crippen LogP contribution in [0.4, 0.5) is 5.69 Å². The van der Waals surface area contributed by atoms with E-state index in [9.17, 15) is 5.11 Å². The molecule has 0 amide bonds. The molecule has 4 rings (SSSR count). The minimum Gasteiger partial charge on any atom is -0.396 e. The predicted molar refractivity (Wildman–Crippen MR) is 80.2 cm³/mol. The van der Waals surface area contributed by atoms with Gasteiger partial charge in [0, 0.05) is 17.6 Å². The van der Waals surface area contributed by atoms with Gasteiger partial charge in [0.2, 0.25) is 0 Å². The number of ether oxygens (including phenoxy) is 1. The molecule has 0 bridgehead atoms. The summed E-state index contributed by atoms with van der Waals surface area (Å²) in [5.74, 6) is 0. The van der Waals surface area contributed by atoms with Crippen LogP contribution in [0.1, 0.15) is 11.1 Å². The van der Waals surface area contributed by atoms with Crippen LogP contribution in [0.3, 0.4) is 0 Å². The molecule has 3 nitrogen and oxygen atoms in total. The topological polar surface area (TPSA) is 41.5 Å². The van der Waals surface area contributed by atoms with Gasteiger partial charge in [0.1, 0.15) is 0 Å². The summed E-state index contributed by atoms with van der Waals surface area (Å²) in [5.41, 5.74) is 4.00. The first kappa shape index (κ1) is 12.2. The van der Waals surface area contributed by atoms with E-state index in [-0.39, 0.29) is 12.0 Å². The Morgan fingerprint density at radius 1 is 1.10 bits per heavy atom. The highest BCUT2D eigenvalue weighted by Gasteiger charge is 2.37. The maximum absolute atomic E-state index is 9.51. The van der Waals surface area contributed by atoms with Crippen molar-refractivity contribution in [3.8, 4) is 0 Å². The number of aryl methyl sites for hydroxylation is 2. The summed E-state index contributed by atoms with van der Waals surface area (Å²) in [4.78, 5) is 0. The number of nitrogens with one attached hydrogen (secondary N) is 1. The normalized spacial score (nSPS) is 19.1. The van der Waals surface area contributed by atoms with Crippen molar-refractivity contribution in [2.75, 3.05) is 31.7 Å². The number of benzene rings is 2. The highest BCUT2D eigenvalue weighted by Crippen LogP contribution is 2.36. The van der Waals surface area contributed by atoms with Crippen molar-refractivity contribution < 1.29 is 9.84 Å². The van der Waals surface area contributed by atoms with Crippen LogP contribution in [-0.2, 0) is 17.6 Å². The fourth-order valence-electron chi connectivity index (χ4n) is 3.32. The number of rotatable bonds is 4. The lowest BCUT2D eigenvalue weighted by Gasteiger charge is -2.40. The van der Waals surface area contributed by atoms with Gasteiger partial charge < -0.3 is 15.2 Å². The molecule has 0 unspecified atom stereocenters. The van der Waals surface area contributed by atoms with Gasteiger partial charge in [-0.2, -0.15) is 0 Å². The molecule has 1 saturated heterocycles. The molecule has 1 aliphatic carbocycles. The van der Waals surface area contributed by atoms with Crippen molar-refractivity contribution >= 4 is 16.5 Å². The Bertz CT molecular complexity index is 646. The van der Waals surface area contributed by atoms with E-state index in [4.69, 9.17) is 4.74 Å². The van der Waals surface area contributed by atoms with Gasteiger partial charge in [0.15, 0.2) is 0 Å². The van der Waals surface area contributed by atoms with E-state index in [1.54, 1.807) is 0 Å². The Morgan fingerprint density at radius 2 is 1.90 bits per heavy atom. The lowest BCUT2D eigenvalue weighted by molar-refractivity contribution is -0.128. The molecule has 1 aliphatic heterocycles. The van der Waals surface area contributed by atoms with E-state index in [0.717, 1.165) is 19.4 Å². The molecule has 1 heterocycles. The number of anilines is 1. The maximum Gasteiger partial charge on any atom is 0.0584 e. The smallest absolute Gasteiger partial charge is 0.0584 e. The molecule has 1 fully saturated rings. The second-order valence-corrected chi connectivity index (χ2v) is 6.12. The predicted octanol–water partition coefficient (Wildman–Crippen LogP) is 2.36. The van der Waals surface area contributed by atoms with Crippen molar-refractivity contribution in [1.29, 1.82) is 0 Å². The van der Waals surface area contributed by atoms with Crippen LogP contribution < -0.4 is 5.32 Å². The van der Waals surface area contributed by atoms with Crippen LogP contribution in [0, 0.1) is 5.41 Å². The van der Waals surface area contributed by atoms with E-state index in [2.05, 4.69) is 35.6 Å². The molecule has 0 saturated carbocycles. The molecule has 2 N–H and O–H groups in total. The molecule has 20 heavy (non-hydrogen) atoms. The molecule has 2 aromatic carbocycles. The average Bonchev–Trinajstić information content (AvgIpc) is 2.86. The molecule has 0 atom stereocenters. The Morgan fingerprint density at radius 3 is 2.60 bits per heavy atom. The van der Waals surface area contributed by atoms with Crippen molar-refractivity contribution in [3.63, 3.8) is 0 Å². The third-order valence-corrected chi connectivity index (χ3v) is 4.68. The highest BCUT2D eigenvalue weighted by molar-refractivity contribution is 5.99. The van der Waals surface area contributed by atoms with Crippen LogP contribution >= 0.6 is 0 Å². The zero-order chi connectivity index (χ0) is 13.6. The van der Waals surface area contributed by atoms with Gasteiger partial charge in [-0.05, 0) is 35.4 Å². The van der Waals surface area contributed by atoms with Crippen molar-refractivity contribution in [2.45, 2.75) is 12.8 Å². The van der Waals surface area contributed by atoms with E-state index in [1.807, 2.05) is 0 Å². The summed E-state index contributed by atoms with van der Waals surface area (Å²) in [6, 6.07) is 11.0. The summed E-state index contributed by atoms with van der Waals surface area (Å²) in [7, 11) is 0. The van der Waals surface area contributed by atoms with Crippen molar-refractivity contribution in [3.05, 3.63) is 41.5 Å². The number of hydrogen-bond donors (Lipinski definition) is 2. The standard InChI is InChI=1S/C17H19NO2/c19-9-17(10-20-11-17)8-18-15-7-6-13-5-4-12-2-1-3-14(15)16(12)13/h1-3,6-7,18-19H,4-5,8-11H2. The minimum atomic E-state index is -0.0945. The van der Waals surface area contributed by atoms with Gasteiger partial charge in [-0.25, -0.2) is 0 Å². The molecule has 3 heteroatoms. The van der Waals surface area contributed by atoms with Crippen molar-refractivity contribution in [1.82, 2.24) is 0 Å². The fourth-order valence-corrected chi connectivity index (χ4v) is 3.32. The van der Waals surface area contributed by atoms with E-state index < -0.39 is 0 Å². The first-order valence-electron chi connectivity index (χ1n) is 7.27. The summed E-state index contributed by atoms with van der Waals surface area (Å²) in [5, 5.41) is 15.8. The molecule has 2 aromatic rings. The number of aliphatic hydroxyl groups excluding tert-OH is 1. The zero-order valence-electron chi connectivity index (χ0n) is 11.5. The Hall–Kier alpha value is -1.58. The van der Waals surface area contributed by atoms with E-state index >= 15 is 0 Å². The maximum atomic E-state index is 9.51. The number of aliphatic hydroxyl groups is 1. The van der Waals surface area contributed by atoms with Gasteiger partial charge in [-0.15, -0.1) is 0 Å². The van der Waals surface area contributed by atoms with Gasteiger partial charge in [-0.3, -0.25) is 0 Å². The van der Waals surface area contributed by atoms with E-state index in [1.165, 1.54) is 27.6 Å². The lowest BCUT2D eigenvalue weighted by atomic mass is 9.87. The van der Waals surface area contributed by atoms with Gasteiger partial charge in [0.05, 0.1) is 25.2 Å². The second-order valence-electron chi connectivity index (χ2n) is 6.12. The van der Waals surface area contributed by atoms with Crippen LogP contribution in [0.25, 0.3) is 10.8 Å². The summed E-state index contributed by atoms with van der Waals surface area (Å²) in [6.45, 7) is 2.25. The molecule has 104 valence electrons. The quantitative estimate of drug-likeness (QED) is 0.895. The van der Waals surface area contributed by atoms with Gasteiger partial charge in [-0.1, -0.05) is 24.3 Å². The SMILES string of the molecule is OCC1(CNc2ccc3c4c(cccc24)CC3)COC1. The lowest BCUT2D eigenvalue weighted by Crippen LogP contribution is -2.50. The summed E-state index contributed by atoms with van der Waals surface area (Å²) >= 11 is 0. The third-order valence-electron chi connectivity index (χ3n) is 4.68. The average molecular weight is 269 g/mol. The fraction of sp³-hybridized carbons (Fsp3) is 0.412. The highest BCUT2D eigenvalue weighted by atomic mass is 16.5. The molecular formula is C17H19NO2. The minimum absolute atomic E-state index is 0.0945. The molecular weight excluding hydrogens is 250 g/mol. The Kier molecular flexibility index (Phi) is 2.72. The van der Waals surface area contributed by atoms with Crippen LogP contribution in [0.5, 0.6) is 0 Å². The summed E-state index contributed by atoms with van der Waals surface area (Å²) in [6.07, 6.45) is 2.31. The first-order chi connectivity index (χ1) is 9.81. The zero-order valence-corrected chi connectivity index (χ0v) is 11.5. The van der Waals surface area contributed by atoms with E-state index in [0.29, 0.717) is 13.2 Å². The number of hydrogen-bond acceptors (Lipinski definition) is 3. The van der Waals surface area contributed by atoms with Crippen LogP contribution in [0.15, 0.2) is 30.3 Å². The van der Waals surface area contributed by atoms with Crippen LogP contribution in [-0.4, -0.2) is 31.5 Å². The third kappa shape index (κ3) is 1.74. The monoisotopic (exact) mass is 269 g/mol. The Labute approximate surface area is 118 Å². The van der Waals surface area contributed by atoms with Gasteiger partial charge >= 0.3 is 0 Å². The molecule has 2 aliphatic rings. The summed E-state index contributed by atoms with van der Waals surface area (Å²) < 4.78 is 5.25. The molecule has 0 spiro atoms. The van der Waals surface area contributed by atoms with Crippen LogP contribution in [0.2, 0.25) is 0 Å². The first-order valence-corrected chi connectivity index (χ1v) is 7.27. The molecule has 0 aromatic heterocycles. The largest absolute Gasteiger partial charge is 0.396 e. The molecule has 0 radical (unpaired) electrons. The second kappa shape index (κ2) is 4.47. The van der Waals surface area contributed by atoms with Crippen molar-refractivity contribution in [2.24, 2.45) is 5.41 Å². The Balaban J connectivity index is 1.67. The van der Waals surface area contributed by atoms with Gasteiger partial charge in [0.25, 0.3) is 0 Å².